The molecule has 0 saturated heterocycles. The average molecular weight is 330 g/mol. The highest BCUT2D eigenvalue weighted by molar-refractivity contribution is 9.10. The van der Waals surface area contributed by atoms with Gasteiger partial charge >= 0.3 is 5.97 Å². The third-order valence-electron chi connectivity index (χ3n) is 3.29. The number of carboxylic acids is 1. The molecule has 1 aliphatic carbocycles. The van der Waals surface area contributed by atoms with E-state index in [0.717, 1.165) is 17.3 Å². The molecule has 2 unspecified atom stereocenters. The molecule has 1 aliphatic rings. The van der Waals surface area contributed by atoms with Gasteiger partial charge in [0.05, 0.1) is 11.3 Å². The fourth-order valence-electron chi connectivity index (χ4n) is 2.33. The highest BCUT2D eigenvalue weighted by Gasteiger charge is 2.24. The molecule has 2 N–H and O–H groups in total. The highest BCUT2D eigenvalue weighted by atomic mass is 79.9. The Bertz CT molecular complexity index is 453. The second-order valence-electron chi connectivity index (χ2n) is 4.51. The number of thioether (sulfide) groups is 1. The summed E-state index contributed by atoms with van der Waals surface area (Å²) < 4.78 is 0.898. The third kappa shape index (κ3) is 3.20. The van der Waals surface area contributed by atoms with E-state index in [-0.39, 0.29) is 0 Å². The molecule has 0 aromatic heterocycles. The van der Waals surface area contributed by atoms with Gasteiger partial charge in [0.1, 0.15) is 0 Å². The smallest absolute Gasteiger partial charge is 0.337 e. The van der Waals surface area contributed by atoms with Gasteiger partial charge in [-0.2, -0.15) is 11.8 Å². The van der Waals surface area contributed by atoms with Gasteiger partial charge in [0, 0.05) is 15.8 Å². The first-order valence-electron chi connectivity index (χ1n) is 5.92. The number of carboxylic acid groups (broad SMARTS) is 1. The van der Waals surface area contributed by atoms with Crippen molar-refractivity contribution >= 4 is 39.3 Å². The van der Waals surface area contributed by atoms with Gasteiger partial charge in [-0.1, -0.05) is 15.9 Å². The molecule has 2 rings (SSSR count). The Balaban J connectivity index is 2.13. The molecule has 1 saturated carbocycles. The number of benzene rings is 1. The normalized spacial score (nSPS) is 23.0. The molecule has 2 atom stereocenters. The number of hydrogen-bond donors (Lipinski definition) is 2. The minimum atomic E-state index is -0.885. The van der Waals surface area contributed by atoms with Crippen LogP contribution in [0.25, 0.3) is 0 Å². The summed E-state index contributed by atoms with van der Waals surface area (Å²) >= 11 is 5.28. The van der Waals surface area contributed by atoms with Crippen LogP contribution in [0.5, 0.6) is 0 Å². The average Bonchev–Trinajstić information content (AvgIpc) is 2.76. The van der Waals surface area contributed by atoms with Gasteiger partial charge in [-0.05, 0) is 43.7 Å². The number of rotatable bonds is 4. The maximum absolute atomic E-state index is 11.2. The van der Waals surface area contributed by atoms with Crippen LogP contribution in [0.2, 0.25) is 0 Å². The summed E-state index contributed by atoms with van der Waals surface area (Å²) in [5.74, 6) is -0.885. The van der Waals surface area contributed by atoms with E-state index in [2.05, 4.69) is 27.5 Å². The zero-order valence-electron chi connectivity index (χ0n) is 10.1. The van der Waals surface area contributed by atoms with E-state index in [1.54, 1.807) is 12.1 Å². The van der Waals surface area contributed by atoms with Crippen LogP contribution in [0.4, 0.5) is 5.69 Å². The van der Waals surface area contributed by atoms with Crippen molar-refractivity contribution in [3.63, 3.8) is 0 Å². The van der Waals surface area contributed by atoms with Crippen LogP contribution in [0.1, 0.15) is 29.6 Å². The summed E-state index contributed by atoms with van der Waals surface area (Å²) in [5, 5.41) is 13.2. The Morgan fingerprint density at radius 1 is 1.50 bits per heavy atom. The van der Waals surface area contributed by atoms with Crippen molar-refractivity contribution in [3.8, 4) is 0 Å². The van der Waals surface area contributed by atoms with Gasteiger partial charge in [-0.3, -0.25) is 0 Å². The van der Waals surface area contributed by atoms with Crippen LogP contribution in [0.15, 0.2) is 22.7 Å². The number of halogens is 1. The molecule has 1 fully saturated rings. The Hall–Kier alpha value is -0.680. The highest BCUT2D eigenvalue weighted by Crippen LogP contribution is 2.31. The molecule has 0 spiro atoms. The van der Waals surface area contributed by atoms with Gasteiger partial charge in [0.2, 0.25) is 0 Å². The summed E-state index contributed by atoms with van der Waals surface area (Å²) in [5.41, 5.74) is 1.05. The lowest BCUT2D eigenvalue weighted by molar-refractivity contribution is 0.0698. The molecule has 5 heteroatoms. The van der Waals surface area contributed by atoms with E-state index in [0.29, 0.717) is 22.5 Å². The van der Waals surface area contributed by atoms with Gasteiger partial charge in [0.15, 0.2) is 0 Å². The van der Waals surface area contributed by atoms with E-state index in [1.807, 2.05) is 17.8 Å². The maximum atomic E-state index is 11.2. The predicted molar refractivity (Wildman–Crippen MR) is 79.7 cm³/mol. The molecular weight excluding hydrogens is 314 g/mol. The van der Waals surface area contributed by atoms with E-state index in [4.69, 9.17) is 5.11 Å². The van der Waals surface area contributed by atoms with Crippen LogP contribution in [0, 0.1) is 0 Å². The summed E-state index contributed by atoms with van der Waals surface area (Å²) in [7, 11) is 0. The topological polar surface area (TPSA) is 49.3 Å². The molecule has 0 aliphatic heterocycles. The number of hydrogen-bond acceptors (Lipinski definition) is 3. The largest absolute Gasteiger partial charge is 0.478 e. The van der Waals surface area contributed by atoms with E-state index in [1.165, 1.54) is 6.42 Å². The number of carbonyl (C=O) groups is 1. The lowest BCUT2D eigenvalue weighted by Gasteiger charge is -2.16. The zero-order valence-corrected chi connectivity index (χ0v) is 12.6. The molecule has 1 aromatic rings. The first-order chi connectivity index (χ1) is 8.60. The summed E-state index contributed by atoms with van der Waals surface area (Å²) in [4.78, 5) is 11.2. The molecule has 18 heavy (non-hydrogen) atoms. The van der Waals surface area contributed by atoms with Gasteiger partial charge < -0.3 is 10.4 Å². The van der Waals surface area contributed by atoms with Crippen molar-refractivity contribution in [2.45, 2.75) is 30.6 Å². The van der Waals surface area contributed by atoms with Gasteiger partial charge in [-0.25, -0.2) is 4.79 Å². The van der Waals surface area contributed by atoms with E-state index in [9.17, 15) is 4.79 Å². The molecule has 0 amide bonds. The number of nitrogens with one attached hydrogen (secondary N) is 1. The van der Waals surface area contributed by atoms with Crippen molar-refractivity contribution in [1.29, 1.82) is 0 Å². The van der Waals surface area contributed by atoms with Crippen molar-refractivity contribution < 1.29 is 9.90 Å². The van der Waals surface area contributed by atoms with Gasteiger partial charge in [0.25, 0.3) is 0 Å². The Labute approximate surface area is 119 Å². The molecule has 98 valence electrons. The van der Waals surface area contributed by atoms with Crippen LogP contribution < -0.4 is 5.32 Å². The fourth-order valence-corrected chi connectivity index (χ4v) is 3.49. The molecule has 3 nitrogen and oxygen atoms in total. The quantitative estimate of drug-likeness (QED) is 0.881. The summed E-state index contributed by atoms with van der Waals surface area (Å²) in [6, 6.07) is 5.62. The summed E-state index contributed by atoms with van der Waals surface area (Å²) in [6.07, 6.45) is 5.55. The summed E-state index contributed by atoms with van der Waals surface area (Å²) in [6.45, 7) is 0. The van der Waals surface area contributed by atoms with Crippen molar-refractivity contribution in [2.75, 3.05) is 11.6 Å². The molecular formula is C13H16BrNO2S. The van der Waals surface area contributed by atoms with E-state index < -0.39 is 5.97 Å². The first-order valence-corrected chi connectivity index (χ1v) is 8.00. The Morgan fingerprint density at radius 2 is 2.28 bits per heavy atom. The maximum Gasteiger partial charge on any atom is 0.337 e. The Kier molecular flexibility index (Phi) is 4.56. The molecule has 0 radical (unpaired) electrons. The lowest BCUT2D eigenvalue weighted by atomic mass is 10.1. The van der Waals surface area contributed by atoms with Crippen LogP contribution in [-0.2, 0) is 0 Å². The minimum Gasteiger partial charge on any atom is -0.478 e. The fraction of sp³-hybridized carbons (Fsp3) is 0.462. The monoisotopic (exact) mass is 329 g/mol. The standard InChI is InChI=1S/C13H16BrNO2S/c1-18-10-4-3-9(7-10)15-12-6-8(14)2-5-11(12)13(16)17/h2,5-6,9-10,15H,3-4,7H2,1H3,(H,16,17). The second kappa shape index (κ2) is 5.97. The number of anilines is 1. The number of aromatic carboxylic acids is 1. The van der Waals surface area contributed by atoms with Crippen molar-refractivity contribution in [2.24, 2.45) is 0 Å². The molecule has 1 aromatic carbocycles. The lowest BCUT2D eigenvalue weighted by Crippen LogP contribution is -2.18. The van der Waals surface area contributed by atoms with Crippen LogP contribution in [0.3, 0.4) is 0 Å². The molecule has 0 bridgehead atoms. The second-order valence-corrected chi connectivity index (χ2v) is 6.56. The van der Waals surface area contributed by atoms with Crippen molar-refractivity contribution in [3.05, 3.63) is 28.2 Å². The zero-order chi connectivity index (χ0) is 13.1. The Morgan fingerprint density at radius 3 is 2.89 bits per heavy atom. The van der Waals surface area contributed by atoms with Crippen LogP contribution >= 0.6 is 27.7 Å². The van der Waals surface area contributed by atoms with Crippen molar-refractivity contribution in [1.82, 2.24) is 0 Å². The predicted octanol–water partition coefficient (Wildman–Crippen LogP) is 3.84. The SMILES string of the molecule is CSC1CCC(Nc2cc(Br)ccc2C(=O)O)C1. The van der Waals surface area contributed by atoms with Crippen LogP contribution in [-0.4, -0.2) is 28.6 Å². The minimum absolute atomic E-state index is 0.339. The third-order valence-corrected chi connectivity index (χ3v) is 4.88. The molecule has 0 heterocycles. The van der Waals surface area contributed by atoms with E-state index >= 15 is 0 Å². The first kappa shape index (κ1) is 13.7. The van der Waals surface area contributed by atoms with Gasteiger partial charge in [-0.15, -0.1) is 0 Å².